The molecule has 0 aromatic heterocycles. The molecule has 3 heteroatoms. The fourth-order valence-electron chi connectivity index (χ4n) is 1.59. The van der Waals surface area contributed by atoms with E-state index in [1.165, 1.54) is 0 Å². The first-order valence-electron chi connectivity index (χ1n) is 5.33. The van der Waals surface area contributed by atoms with Gasteiger partial charge < -0.3 is 4.74 Å². The normalized spacial score (nSPS) is 16.7. The van der Waals surface area contributed by atoms with Crippen LogP contribution in [0.1, 0.15) is 40.0 Å². The molecule has 2 nitrogen and oxygen atoms in total. The summed E-state index contributed by atoms with van der Waals surface area (Å²) in [5.41, 5.74) is 1.80. The van der Waals surface area contributed by atoms with Crippen LogP contribution in [0.25, 0.3) is 0 Å². The fraction of sp³-hybridized carbons (Fsp3) is 0.583. The van der Waals surface area contributed by atoms with Crippen molar-refractivity contribution in [2.24, 2.45) is 0 Å². The van der Waals surface area contributed by atoms with Gasteiger partial charge >= 0.3 is 5.97 Å². The Labute approximate surface area is 95.9 Å². The van der Waals surface area contributed by atoms with Crippen LogP contribution in [0.5, 0.6) is 0 Å². The zero-order chi connectivity index (χ0) is 11.4. The van der Waals surface area contributed by atoms with Gasteiger partial charge in [-0.25, -0.2) is 4.79 Å². The van der Waals surface area contributed by atoms with Gasteiger partial charge in [0.2, 0.25) is 0 Å². The van der Waals surface area contributed by atoms with Gasteiger partial charge in [-0.3, -0.25) is 0 Å². The zero-order valence-electron chi connectivity index (χ0n) is 9.47. The molecule has 0 amide bonds. The number of carbonyl (C=O) groups is 1. The quantitative estimate of drug-likeness (QED) is 0.691. The second kappa shape index (κ2) is 5.36. The number of rotatable bonds is 3. The Morgan fingerprint density at radius 2 is 2.20 bits per heavy atom. The summed E-state index contributed by atoms with van der Waals surface area (Å²) in [5.74, 6) is -0.192. The van der Waals surface area contributed by atoms with Gasteiger partial charge in [0.25, 0.3) is 0 Å². The molecule has 0 aromatic rings. The molecule has 15 heavy (non-hydrogen) atoms. The van der Waals surface area contributed by atoms with Crippen molar-refractivity contribution in [3.05, 3.63) is 22.3 Å². The van der Waals surface area contributed by atoms with Crippen molar-refractivity contribution in [2.45, 2.75) is 46.1 Å². The van der Waals surface area contributed by atoms with E-state index in [0.29, 0.717) is 6.42 Å². The van der Waals surface area contributed by atoms with Gasteiger partial charge in [0.15, 0.2) is 0 Å². The van der Waals surface area contributed by atoms with E-state index in [2.05, 4.69) is 0 Å². The standard InChI is InChI=1S/C12H17ClO2/c1-4-9-7-10(13)5-6-11(9)12(14)15-8(2)3/h7-8H,4-6H2,1-3H3. The number of carbonyl (C=O) groups excluding carboxylic acids is 1. The smallest absolute Gasteiger partial charge is 0.334 e. The summed E-state index contributed by atoms with van der Waals surface area (Å²) in [5, 5.41) is 0.827. The zero-order valence-corrected chi connectivity index (χ0v) is 10.2. The van der Waals surface area contributed by atoms with E-state index < -0.39 is 0 Å². The molecule has 0 spiro atoms. The van der Waals surface area contributed by atoms with Crippen LogP contribution in [-0.4, -0.2) is 12.1 Å². The van der Waals surface area contributed by atoms with Crippen LogP contribution in [0.4, 0.5) is 0 Å². The third kappa shape index (κ3) is 3.38. The van der Waals surface area contributed by atoms with Crippen LogP contribution < -0.4 is 0 Å². The highest BCUT2D eigenvalue weighted by Gasteiger charge is 2.19. The first-order valence-corrected chi connectivity index (χ1v) is 5.71. The average molecular weight is 229 g/mol. The van der Waals surface area contributed by atoms with Crippen molar-refractivity contribution in [1.82, 2.24) is 0 Å². The van der Waals surface area contributed by atoms with Crippen LogP contribution in [0.2, 0.25) is 0 Å². The Morgan fingerprint density at radius 3 is 2.73 bits per heavy atom. The Kier molecular flexibility index (Phi) is 4.40. The summed E-state index contributed by atoms with van der Waals surface area (Å²) >= 11 is 5.94. The lowest BCUT2D eigenvalue weighted by atomic mass is 9.96. The molecule has 0 aromatic carbocycles. The van der Waals surface area contributed by atoms with Crippen LogP contribution in [0.15, 0.2) is 22.3 Å². The van der Waals surface area contributed by atoms with Crippen molar-refractivity contribution < 1.29 is 9.53 Å². The number of hydrogen-bond donors (Lipinski definition) is 0. The van der Waals surface area contributed by atoms with E-state index >= 15 is 0 Å². The Bertz CT molecular complexity index is 314. The van der Waals surface area contributed by atoms with Crippen molar-refractivity contribution in [2.75, 3.05) is 0 Å². The summed E-state index contributed by atoms with van der Waals surface area (Å²) in [6.45, 7) is 5.73. The highest BCUT2D eigenvalue weighted by atomic mass is 35.5. The van der Waals surface area contributed by atoms with E-state index in [-0.39, 0.29) is 12.1 Å². The van der Waals surface area contributed by atoms with Gasteiger partial charge in [-0.1, -0.05) is 18.5 Å². The number of halogens is 1. The van der Waals surface area contributed by atoms with E-state index in [0.717, 1.165) is 29.0 Å². The van der Waals surface area contributed by atoms with E-state index in [9.17, 15) is 4.79 Å². The minimum Gasteiger partial charge on any atom is -0.460 e. The maximum atomic E-state index is 11.7. The molecule has 0 fully saturated rings. The molecule has 84 valence electrons. The summed E-state index contributed by atoms with van der Waals surface area (Å²) in [7, 11) is 0. The molecule has 0 aliphatic heterocycles. The predicted molar refractivity (Wildman–Crippen MR) is 61.7 cm³/mol. The Balaban J connectivity index is 2.86. The first kappa shape index (κ1) is 12.3. The minimum absolute atomic E-state index is 0.0653. The molecule has 0 heterocycles. The number of hydrogen-bond acceptors (Lipinski definition) is 2. The third-order valence-corrected chi connectivity index (χ3v) is 2.60. The molecule has 0 bridgehead atoms. The van der Waals surface area contributed by atoms with E-state index in [1.807, 2.05) is 26.8 Å². The summed E-state index contributed by atoms with van der Waals surface area (Å²) < 4.78 is 5.19. The lowest BCUT2D eigenvalue weighted by Crippen LogP contribution is -2.16. The molecular formula is C12H17ClO2. The van der Waals surface area contributed by atoms with Crippen LogP contribution in [-0.2, 0) is 9.53 Å². The molecule has 0 saturated heterocycles. The number of ether oxygens (including phenoxy) is 1. The van der Waals surface area contributed by atoms with Gasteiger partial charge in [0.05, 0.1) is 6.10 Å². The van der Waals surface area contributed by atoms with Gasteiger partial charge in [-0.2, -0.15) is 0 Å². The molecule has 0 atom stereocenters. The van der Waals surface area contributed by atoms with Crippen LogP contribution >= 0.6 is 11.6 Å². The molecular weight excluding hydrogens is 212 g/mol. The van der Waals surface area contributed by atoms with Gasteiger partial charge in [0, 0.05) is 10.6 Å². The largest absolute Gasteiger partial charge is 0.460 e. The first-order chi connectivity index (χ1) is 7.04. The summed E-state index contributed by atoms with van der Waals surface area (Å²) in [6, 6.07) is 0. The summed E-state index contributed by atoms with van der Waals surface area (Å²) in [4.78, 5) is 11.7. The molecule has 0 radical (unpaired) electrons. The Morgan fingerprint density at radius 1 is 1.53 bits per heavy atom. The lowest BCUT2D eigenvalue weighted by molar-refractivity contribution is -0.142. The third-order valence-electron chi connectivity index (χ3n) is 2.30. The maximum absolute atomic E-state index is 11.7. The fourth-order valence-corrected chi connectivity index (χ4v) is 1.81. The average Bonchev–Trinajstić information content (AvgIpc) is 2.16. The highest BCUT2D eigenvalue weighted by molar-refractivity contribution is 6.30. The molecule has 1 aliphatic carbocycles. The van der Waals surface area contributed by atoms with Crippen LogP contribution in [0.3, 0.4) is 0 Å². The monoisotopic (exact) mass is 228 g/mol. The SMILES string of the molecule is CCC1=C(C(=O)OC(C)C)CCC(Cl)=C1. The molecule has 0 unspecified atom stereocenters. The predicted octanol–water partition coefficient (Wildman–Crippen LogP) is 3.56. The number of esters is 1. The molecule has 0 saturated carbocycles. The van der Waals surface area contributed by atoms with Gasteiger partial charge in [-0.05, 0) is 44.8 Å². The minimum atomic E-state index is -0.192. The van der Waals surface area contributed by atoms with Crippen LogP contribution in [0, 0.1) is 0 Å². The second-order valence-corrected chi connectivity index (χ2v) is 4.39. The molecule has 1 aliphatic rings. The second-order valence-electron chi connectivity index (χ2n) is 3.90. The lowest BCUT2D eigenvalue weighted by Gasteiger charge is -2.17. The molecule has 0 N–H and O–H groups in total. The molecule has 1 rings (SSSR count). The highest BCUT2D eigenvalue weighted by Crippen LogP contribution is 2.28. The van der Waals surface area contributed by atoms with Gasteiger partial charge in [-0.15, -0.1) is 0 Å². The van der Waals surface area contributed by atoms with Crippen molar-refractivity contribution in [3.8, 4) is 0 Å². The Hall–Kier alpha value is -0.760. The summed E-state index contributed by atoms with van der Waals surface area (Å²) in [6.07, 6.45) is 4.09. The van der Waals surface area contributed by atoms with Gasteiger partial charge in [0.1, 0.15) is 0 Å². The number of allylic oxidation sites excluding steroid dienone is 3. The van der Waals surface area contributed by atoms with Crippen molar-refractivity contribution >= 4 is 17.6 Å². The van der Waals surface area contributed by atoms with E-state index in [1.54, 1.807) is 0 Å². The van der Waals surface area contributed by atoms with Crippen molar-refractivity contribution in [3.63, 3.8) is 0 Å². The van der Waals surface area contributed by atoms with E-state index in [4.69, 9.17) is 16.3 Å². The topological polar surface area (TPSA) is 26.3 Å². The maximum Gasteiger partial charge on any atom is 0.334 e. The van der Waals surface area contributed by atoms with Crippen molar-refractivity contribution in [1.29, 1.82) is 0 Å².